The summed E-state index contributed by atoms with van der Waals surface area (Å²) in [6.45, 7) is 1.40. The van der Waals surface area contributed by atoms with Crippen LogP contribution in [-0.4, -0.2) is 41.4 Å². The van der Waals surface area contributed by atoms with Gasteiger partial charge in [-0.1, -0.05) is 30.3 Å². The highest BCUT2D eigenvalue weighted by atomic mass is 16.2. The molecular formula is C19H22N4O. The second-order valence-corrected chi connectivity index (χ2v) is 6.84. The van der Waals surface area contributed by atoms with Crippen molar-refractivity contribution in [2.24, 2.45) is 5.92 Å². The van der Waals surface area contributed by atoms with E-state index < -0.39 is 0 Å². The Labute approximate surface area is 142 Å². The molecule has 124 valence electrons. The first-order valence-electron chi connectivity index (χ1n) is 8.55. The quantitative estimate of drug-likeness (QED) is 0.871. The first-order valence-corrected chi connectivity index (χ1v) is 8.55. The van der Waals surface area contributed by atoms with Crippen LogP contribution in [0.2, 0.25) is 0 Å². The average molecular weight is 322 g/mol. The van der Waals surface area contributed by atoms with Gasteiger partial charge in [-0.2, -0.15) is 0 Å². The Morgan fingerprint density at radius 1 is 1.17 bits per heavy atom. The summed E-state index contributed by atoms with van der Waals surface area (Å²) in [4.78, 5) is 26.0. The topological polar surface area (TPSA) is 49.3 Å². The molecule has 5 nitrogen and oxygen atoms in total. The summed E-state index contributed by atoms with van der Waals surface area (Å²) in [7, 11) is 4.00. The molecule has 5 heteroatoms. The molecule has 0 N–H and O–H groups in total. The molecule has 0 unspecified atom stereocenters. The van der Waals surface area contributed by atoms with Crippen LogP contribution in [0.5, 0.6) is 0 Å². The van der Waals surface area contributed by atoms with Crippen LogP contribution in [0.4, 0.5) is 5.82 Å². The molecule has 0 radical (unpaired) electrons. The summed E-state index contributed by atoms with van der Waals surface area (Å²) >= 11 is 0. The van der Waals surface area contributed by atoms with E-state index in [2.05, 4.69) is 0 Å². The number of rotatable bonds is 3. The maximum atomic E-state index is 12.4. The number of carbonyl (C=O) groups is 1. The van der Waals surface area contributed by atoms with E-state index >= 15 is 0 Å². The lowest BCUT2D eigenvalue weighted by Gasteiger charge is -2.31. The molecule has 0 saturated heterocycles. The summed E-state index contributed by atoms with van der Waals surface area (Å²) in [6, 6.07) is 10.1. The van der Waals surface area contributed by atoms with Crippen molar-refractivity contribution in [3.05, 3.63) is 41.6 Å². The number of fused-ring (bicyclic) bond motifs is 1. The van der Waals surface area contributed by atoms with Gasteiger partial charge in [0.1, 0.15) is 5.82 Å². The molecule has 1 aromatic heterocycles. The molecule has 2 heterocycles. The number of carbonyl (C=O) groups excluding carboxylic acids is 1. The molecule has 1 fully saturated rings. The van der Waals surface area contributed by atoms with E-state index in [1.54, 1.807) is 0 Å². The normalized spacial score (nSPS) is 16.7. The van der Waals surface area contributed by atoms with E-state index in [1.807, 2.05) is 54.2 Å². The van der Waals surface area contributed by atoms with Gasteiger partial charge < -0.3 is 9.80 Å². The van der Waals surface area contributed by atoms with E-state index in [9.17, 15) is 4.79 Å². The summed E-state index contributed by atoms with van der Waals surface area (Å²) in [5, 5.41) is 0. The number of hydrogen-bond donors (Lipinski definition) is 0. The van der Waals surface area contributed by atoms with Crippen LogP contribution in [0, 0.1) is 5.92 Å². The van der Waals surface area contributed by atoms with Gasteiger partial charge in [-0.3, -0.25) is 4.79 Å². The highest BCUT2D eigenvalue weighted by Crippen LogP contribution is 2.34. The first-order chi connectivity index (χ1) is 11.6. The minimum absolute atomic E-state index is 0.263. The van der Waals surface area contributed by atoms with Crippen molar-refractivity contribution in [2.75, 3.05) is 25.5 Å². The highest BCUT2D eigenvalue weighted by Gasteiger charge is 2.35. The average Bonchev–Trinajstić information content (AvgIpc) is 3.45. The molecule has 1 aromatic carbocycles. The Morgan fingerprint density at radius 2 is 1.92 bits per heavy atom. The molecule has 2 aromatic rings. The summed E-state index contributed by atoms with van der Waals surface area (Å²) in [6.07, 6.45) is 2.90. The lowest BCUT2D eigenvalue weighted by molar-refractivity contribution is -0.133. The summed E-state index contributed by atoms with van der Waals surface area (Å²) in [5.41, 5.74) is 3.20. The molecular weight excluding hydrogens is 300 g/mol. The fraction of sp³-hybridized carbons (Fsp3) is 0.421. The number of aromatic nitrogens is 2. The van der Waals surface area contributed by atoms with E-state index in [0.717, 1.165) is 54.3 Å². The Kier molecular flexibility index (Phi) is 3.71. The van der Waals surface area contributed by atoms with Gasteiger partial charge in [-0.25, -0.2) is 9.97 Å². The zero-order valence-corrected chi connectivity index (χ0v) is 14.2. The molecule has 2 aliphatic rings. The number of nitrogens with zero attached hydrogens (tertiary/aromatic N) is 4. The van der Waals surface area contributed by atoms with Gasteiger partial charge in [0.2, 0.25) is 5.91 Å². The predicted molar refractivity (Wildman–Crippen MR) is 93.6 cm³/mol. The molecule has 1 aliphatic heterocycles. The Bertz CT molecular complexity index is 768. The van der Waals surface area contributed by atoms with Crippen molar-refractivity contribution in [1.82, 2.24) is 14.9 Å². The SMILES string of the molecule is CN(C)c1nc(-c2ccccc2)nc2c1CN(C(=O)C1CC1)CC2. The van der Waals surface area contributed by atoms with Gasteiger partial charge in [0.25, 0.3) is 0 Å². The Hall–Kier alpha value is -2.43. The third kappa shape index (κ3) is 2.75. The highest BCUT2D eigenvalue weighted by molar-refractivity contribution is 5.81. The van der Waals surface area contributed by atoms with Crippen LogP contribution in [0.25, 0.3) is 11.4 Å². The third-order valence-electron chi connectivity index (χ3n) is 4.73. The van der Waals surface area contributed by atoms with Gasteiger partial charge in [0.05, 0.1) is 12.2 Å². The fourth-order valence-corrected chi connectivity index (χ4v) is 3.26. The Morgan fingerprint density at radius 3 is 2.58 bits per heavy atom. The zero-order chi connectivity index (χ0) is 16.7. The number of anilines is 1. The van der Waals surface area contributed by atoms with E-state index in [0.29, 0.717) is 12.5 Å². The number of benzene rings is 1. The maximum absolute atomic E-state index is 12.4. The number of hydrogen-bond acceptors (Lipinski definition) is 4. The lowest BCUT2D eigenvalue weighted by Crippen LogP contribution is -2.38. The molecule has 1 amide bonds. The van der Waals surface area contributed by atoms with Crippen molar-refractivity contribution in [2.45, 2.75) is 25.8 Å². The second-order valence-electron chi connectivity index (χ2n) is 6.84. The van der Waals surface area contributed by atoms with Crippen molar-refractivity contribution in [3.63, 3.8) is 0 Å². The second kappa shape index (κ2) is 5.89. The zero-order valence-electron chi connectivity index (χ0n) is 14.2. The van der Waals surface area contributed by atoms with Gasteiger partial charge in [-0.05, 0) is 12.8 Å². The van der Waals surface area contributed by atoms with E-state index in [-0.39, 0.29) is 5.92 Å². The van der Waals surface area contributed by atoms with Crippen LogP contribution in [-0.2, 0) is 17.8 Å². The van der Waals surface area contributed by atoms with E-state index in [1.165, 1.54) is 0 Å². The molecule has 0 atom stereocenters. The molecule has 0 spiro atoms. The third-order valence-corrected chi connectivity index (χ3v) is 4.73. The van der Waals surface area contributed by atoms with Gasteiger partial charge in [-0.15, -0.1) is 0 Å². The lowest BCUT2D eigenvalue weighted by atomic mass is 10.0. The fourth-order valence-electron chi connectivity index (χ4n) is 3.26. The largest absolute Gasteiger partial charge is 0.362 e. The maximum Gasteiger partial charge on any atom is 0.225 e. The number of amides is 1. The van der Waals surface area contributed by atoms with Crippen LogP contribution in [0.15, 0.2) is 30.3 Å². The first kappa shape index (κ1) is 15.1. The van der Waals surface area contributed by atoms with Crippen LogP contribution >= 0.6 is 0 Å². The monoisotopic (exact) mass is 322 g/mol. The minimum atomic E-state index is 0.263. The van der Waals surface area contributed by atoms with E-state index in [4.69, 9.17) is 9.97 Å². The van der Waals surface area contributed by atoms with Crippen LogP contribution in [0.1, 0.15) is 24.1 Å². The minimum Gasteiger partial charge on any atom is -0.362 e. The van der Waals surface area contributed by atoms with Crippen molar-refractivity contribution < 1.29 is 4.79 Å². The van der Waals surface area contributed by atoms with Crippen LogP contribution < -0.4 is 4.90 Å². The van der Waals surface area contributed by atoms with Gasteiger partial charge >= 0.3 is 0 Å². The molecule has 1 saturated carbocycles. The van der Waals surface area contributed by atoms with Crippen molar-refractivity contribution in [3.8, 4) is 11.4 Å². The standard InChI is InChI=1S/C19H22N4O/c1-22(2)18-15-12-23(19(24)14-8-9-14)11-10-16(15)20-17(21-18)13-6-4-3-5-7-13/h3-7,14H,8-12H2,1-2H3. The molecule has 24 heavy (non-hydrogen) atoms. The van der Waals surface area contributed by atoms with Crippen molar-refractivity contribution >= 4 is 11.7 Å². The van der Waals surface area contributed by atoms with Gasteiger partial charge in [0.15, 0.2) is 5.82 Å². The molecule has 4 rings (SSSR count). The Balaban J connectivity index is 1.72. The smallest absolute Gasteiger partial charge is 0.225 e. The van der Waals surface area contributed by atoms with Gasteiger partial charge in [0, 0.05) is 44.1 Å². The molecule has 1 aliphatic carbocycles. The summed E-state index contributed by atoms with van der Waals surface area (Å²) < 4.78 is 0. The van der Waals surface area contributed by atoms with Crippen molar-refractivity contribution in [1.29, 1.82) is 0 Å². The molecule has 0 bridgehead atoms. The summed E-state index contributed by atoms with van der Waals surface area (Å²) in [5.74, 6) is 2.25. The predicted octanol–water partition coefficient (Wildman–Crippen LogP) is 2.50. The van der Waals surface area contributed by atoms with Crippen LogP contribution in [0.3, 0.4) is 0 Å².